The number of fused-ring (bicyclic) bond motifs is 1. The van der Waals surface area contributed by atoms with Crippen LogP contribution >= 0.6 is 11.8 Å². The van der Waals surface area contributed by atoms with E-state index < -0.39 is 40.9 Å². The number of carbonyl (C=O) groups is 3. The number of carboxylic acids is 1. The van der Waals surface area contributed by atoms with Gasteiger partial charge in [-0.05, 0) is 47.7 Å². The molecule has 0 radical (unpaired) electrons. The summed E-state index contributed by atoms with van der Waals surface area (Å²) in [6, 6.07) is 5.71. The second-order valence-electron chi connectivity index (χ2n) is 10.4. The fourth-order valence-corrected chi connectivity index (χ4v) is 6.14. The van der Waals surface area contributed by atoms with Crippen molar-refractivity contribution in [3.05, 3.63) is 64.5 Å². The summed E-state index contributed by atoms with van der Waals surface area (Å²) in [6.07, 6.45) is -0.753. The predicted octanol–water partition coefficient (Wildman–Crippen LogP) is 3.34. The molecular weight excluding hydrogens is 547 g/mol. The highest BCUT2D eigenvalue weighted by molar-refractivity contribution is 8.00. The van der Waals surface area contributed by atoms with Crippen LogP contribution in [-0.4, -0.2) is 69.1 Å². The first-order valence-corrected chi connectivity index (χ1v) is 14.1. The Balaban J connectivity index is 1.39. The van der Waals surface area contributed by atoms with Crippen molar-refractivity contribution in [1.82, 2.24) is 9.80 Å². The van der Waals surface area contributed by atoms with Gasteiger partial charge in [-0.15, -0.1) is 11.8 Å². The van der Waals surface area contributed by atoms with Gasteiger partial charge in [0.1, 0.15) is 11.6 Å². The van der Waals surface area contributed by atoms with E-state index in [1.54, 1.807) is 30.9 Å². The van der Waals surface area contributed by atoms with E-state index in [0.29, 0.717) is 43.6 Å². The average Bonchev–Trinajstić information content (AvgIpc) is 3.39. The van der Waals surface area contributed by atoms with E-state index >= 15 is 0 Å². The first-order valence-electron chi connectivity index (χ1n) is 13.0. The summed E-state index contributed by atoms with van der Waals surface area (Å²) in [5.74, 6) is -4.35. The molecule has 4 rings (SSSR count). The SMILES string of the molecule is CC(C)C(Oc1ccc2c(c1)CN(C(=O)C1SCCN1C(=O)C[C@H](N)Cc1cc(F)c(F)cc1F)CC2)C(=O)O. The average molecular weight is 580 g/mol. The molecule has 2 aromatic rings. The zero-order valence-corrected chi connectivity index (χ0v) is 23.1. The van der Waals surface area contributed by atoms with Gasteiger partial charge >= 0.3 is 5.97 Å². The Labute approximate surface area is 234 Å². The molecule has 12 heteroatoms. The van der Waals surface area contributed by atoms with Crippen molar-refractivity contribution in [2.45, 2.75) is 57.2 Å². The number of hydrogen-bond donors (Lipinski definition) is 2. The molecule has 1 saturated heterocycles. The Hall–Kier alpha value is -3.25. The third kappa shape index (κ3) is 6.72. The summed E-state index contributed by atoms with van der Waals surface area (Å²) < 4.78 is 46.5. The monoisotopic (exact) mass is 579 g/mol. The summed E-state index contributed by atoms with van der Waals surface area (Å²) in [5, 5.41) is 8.71. The van der Waals surface area contributed by atoms with E-state index in [1.165, 1.54) is 16.7 Å². The van der Waals surface area contributed by atoms with Gasteiger partial charge in [0.15, 0.2) is 23.1 Å². The molecule has 0 spiro atoms. The molecule has 2 aliphatic heterocycles. The molecule has 0 bridgehead atoms. The van der Waals surface area contributed by atoms with E-state index in [1.807, 2.05) is 6.07 Å². The smallest absolute Gasteiger partial charge is 0.345 e. The minimum atomic E-state index is -1.30. The van der Waals surface area contributed by atoms with Crippen molar-refractivity contribution in [3.63, 3.8) is 0 Å². The van der Waals surface area contributed by atoms with Gasteiger partial charge in [0, 0.05) is 49.8 Å². The van der Waals surface area contributed by atoms with Crippen LogP contribution in [0.3, 0.4) is 0 Å². The number of halogens is 3. The quantitative estimate of drug-likeness (QED) is 0.438. The molecule has 0 aliphatic carbocycles. The normalized spacial score (nSPS) is 18.4. The number of nitrogens with zero attached hydrogens (tertiary/aromatic N) is 2. The summed E-state index contributed by atoms with van der Waals surface area (Å²) in [6.45, 7) is 4.62. The van der Waals surface area contributed by atoms with Crippen LogP contribution in [0.1, 0.15) is 37.0 Å². The maximum Gasteiger partial charge on any atom is 0.345 e. The highest BCUT2D eigenvalue weighted by atomic mass is 32.2. The summed E-state index contributed by atoms with van der Waals surface area (Å²) in [5.41, 5.74) is 7.82. The van der Waals surface area contributed by atoms with Gasteiger partial charge in [-0.3, -0.25) is 9.59 Å². The van der Waals surface area contributed by atoms with Crippen LogP contribution in [0.4, 0.5) is 13.2 Å². The molecule has 1 fully saturated rings. The number of carboxylic acid groups (broad SMARTS) is 1. The zero-order chi connectivity index (χ0) is 29.1. The van der Waals surface area contributed by atoms with Crippen LogP contribution in [0.25, 0.3) is 0 Å². The number of benzene rings is 2. The Kier molecular flexibility index (Phi) is 9.29. The molecule has 216 valence electrons. The minimum absolute atomic E-state index is 0.124. The van der Waals surface area contributed by atoms with Crippen molar-refractivity contribution < 1.29 is 37.4 Å². The fraction of sp³-hybridized carbons (Fsp3) is 0.464. The van der Waals surface area contributed by atoms with E-state index in [4.69, 9.17) is 10.5 Å². The largest absolute Gasteiger partial charge is 0.478 e. The summed E-state index contributed by atoms with van der Waals surface area (Å²) >= 11 is 1.35. The van der Waals surface area contributed by atoms with Gasteiger partial charge in [-0.25, -0.2) is 18.0 Å². The molecule has 0 saturated carbocycles. The van der Waals surface area contributed by atoms with Crippen LogP contribution in [0.2, 0.25) is 0 Å². The molecular formula is C28H32F3N3O5S. The lowest BCUT2D eigenvalue weighted by atomic mass is 9.99. The lowest BCUT2D eigenvalue weighted by Crippen LogP contribution is -2.49. The van der Waals surface area contributed by atoms with Gasteiger partial charge in [-0.2, -0.15) is 0 Å². The molecule has 2 aliphatic rings. The van der Waals surface area contributed by atoms with Crippen molar-refractivity contribution in [3.8, 4) is 5.75 Å². The highest BCUT2D eigenvalue weighted by Gasteiger charge is 2.38. The molecule has 3 atom stereocenters. The van der Waals surface area contributed by atoms with Gasteiger partial charge < -0.3 is 25.4 Å². The van der Waals surface area contributed by atoms with E-state index in [9.17, 15) is 32.7 Å². The van der Waals surface area contributed by atoms with Gasteiger partial charge in [0.25, 0.3) is 5.91 Å². The summed E-state index contributed by atoms with van der Waals surface area (Å²) in [7, 11) is 0. The number of hydrogen-bond acceptors (Lipinski definition) is 6. The number of amides is 2. The van der Waals surface area contributed by atoms with Crippen molar-refractivity contribution in [2.24, 2.45) is 11.7 Å². The number of carbonyl (C=O) groups excluding carboxylic acids is 2. The molecule has 2 unspecified atom stereocenters. The van der Waals surface area contributed by atoms with Crippen molar-refractivity contribution in [2.75, 3.05) is 18.8 Å². The Morgan fingerprint density at radius 1 is 1.07 bits per heavy atom. The molecule has 2 aromatic carbocycles. The predicted molar refractivity (Wildman–Crippen MR) is 143 cm³/mol. The number of nitrogens with two attached hydrogens (primary N) is 1. The van der Waals surface area contributed by atoms with Gasteiger partial charge in [0.05, 0.1) is 0 Å². The Morgan fingerprint density at radius 2 is 1.80 bits per heavy atom. The zero-order valence-electron chi connectivity index (χ0n) is 22.2. The second-order valence-corrected chi connectivity index (χ2v) is 11.6. The Bertz CT molecular complexity index is 1290. The van der Waals surface area contributed by atoms with Crippen molar-refractivity contribution >= 4 is 29.5 Å². The first kappa shape index (κ1) is 29.7. The van der Waals surface area contributed by atoms with Gasteiger partial charge in [0.2, 0.25) is 5.91 Å². The topological polar surface area (TPSA) is 113 Å². The van der Waals surface area contributed by atoms with Crippen LogP contribution in [0, 0.1) is 23.4 Å². The molecule has 3 N–H and O–H groups in total. The first-order chi connectivity index (χ1) is 18.9. The highest BCUT2D eigenvalue weighted by Crippen LogP contribution is 2.31. The maximum absolute atomic E-state index is 14.0. The molecule has 2 heterocycles. The van der Waals surface area contributed by atoms with Crippen LogP contribution in [0.15, 0.2) is 30.3 Å². The number of rotatable bonds is 9. The van der Waals surface area contributed by atoms with Crippen LogP contribution in [-0.2, 0) is 33.8 Å². The van der Waals surface area contributed by atoms with E-state index in [0.717, 1.165) is 17.2 Å². The minimum Gasteiger partial charge on any atom is -0.478 e. The third-order valence-corrected chi connectivity index (χ3v) is 8.23. The second kappa shape index (κ2) is 12.5. The van der Waals surface area contributed by atoms with Crippen molar-refractivity contribution in [1.29, 1.82) is 0 Å². The summed E-state index contributed by atoms with van der Waals surface area (Å²) in [4.78, 5) is 41.2. The molecule has 0 aromatic heterocycles. The molecule has 8 nitrogen and oxygen atoms in total. The van der Waals surface area contributed by atoms with E-state index in [2.05, 4.69) is 0 Å². The number of ether oxygens (including phenoxy) is 1. The standard InChI is InChI=1S/C28H32F3N3O5S/c1-15(2)25(28(37)38)39-20-4-3-16-5-6-33(14-18(16)10-20)26(36)27-34(7-8-40-27)24(35)12-19(32)9-17-11-22(30)23(31)13-21(17)29/h3-4,10-11,13,15,19,25,27H,5-9,12,14,32H2,1-2H3,(H,37,38)/t19-,25?,27?/m1/s1. The molecule has 40 heavy (non-hydrogen) atoms. The fourth-order valence-electron chi connectivity index (χ4n) is 4.92. The maximum atomic E-state index is 14.0. The third-order valence-electron chi connectivity index (χ3n) is 7.04. The Morgan fingerprint density at radius 3 is 2.50 bits per heavy atom. The number of thioether (sulfide) groups is 1. The van der Waals surface area contributed by atoms with Gasteiger partial charge in [-0.1, -0.05) is 19.9 Å². The molecule has 2 amide bonds. The van der Waals surface area contributed by atoms with Crippen LogP contribution < -0.4 is 10.5 Å². The van der Waals surface area contributed by atoms with Crippen LogP contribution in [0.5, 0.6) is 5.75 Å². The van der Waals surface area contributed by atoms with E-state index in [-0.39, 0.29) is 36.1 Å². The number of aliphatic carboxylic acids is 1. The lowest BCUT2D eigenvalue weighted by molar-refractivity contribution is -0.147. The lowest BCUT2D eigenvalue weighted by Gasteiger charge is -2.33.